The molecule has 190 valence electrons. The summed E-state index contributed by atoms with van der Waals surface area (Å²) in [5.41, 5.74) is 2.19. The van der Waals surface area contributed by atoms with Crippen LogP contribution in [0.15, 0.2) is 34.7 Å². The van der Waals surface area contributed by atoms with Crippen molar-refractivity contribution in [2.75, 3.05) is 21.3 Å². The lowest BCUT2D eigenvalue weighted by Crippen LogP contribution is -2.43. The summed E-state index contributed by atoms with van der Waals surface area (Å²) in [5.74, 6) is -3.77. The van der Waals surface area contributed by atoms with Crippen LogP contribution in [0, 0.1) is 11.8 Å². The summed E-state index contributed by atoms with van der Waals surface area (Å²) in [6.45, 7) is 7.26. The lowest BCUT2D eigenvalue weighted by atomic mass is 9.69. The Morgan fingerprint density at radius 1 is 1.17 bits per heavy atom. The maximum atomic E-state index is 13.8. The number of aromatic hydroxyl groups is 1. The van der Waals surface area contributed by atoms with Crippen molar-refractivity contribution in [1.29, 1.82) is 0 Å². The molecule has 0 fully saturated rings. The van der Waals surface area contributed by atoms with Gasteiger partial charge >= 0.3 is 11.9 Å². The van der Waals surface area contributed by atoms with Gasteiger partial charge < -0.3 is 29.4 Å². The van der Waals surface area contributed by atoms with Crippen LogP contribution in [0.2, 0.25) is 0 Å². The van der Waals surface area contributed by atoms with E-state index in [1.807, 2.05) is 13.8 Å². The molecule has 1 aromatic carbocycles. The molecule has 0 saturated carbocycles. The number of methoxy groups -OCH3 is 3. The summed E-state index contributed by atoms with van der Waals surface area (Å²) in [4.78, 5) is 39.7. The molecule has 9 heteroatoms. The van der Waals surface area contributed by atoms with Gasteiger partial charge in [-0.3, -0.25) is 9.59 Å². The first-order chi connectivity index (χ1) is 16.6. The summed E-state index contributed by atoms with van der Waals surface area (Å²) < 4.78 is 21.2. The van der Waals surface area contributed by atoms with Crippen molar-refractivity contribution < 1.29 is 38.4 Å². The van der Waals surface area contributed by atoms with Gasteiger partial charge in [0.1, 0.15) is 5.92 Å². The molecule has 3 rings (SSSR count). The molecule has 0 aromatic heterocycles. The van der Waals surface area contributed by atoms with Gasteiger partial charge in [0.2, 0.25) is 5.75 Å². The minimum Gasteiger partial charge on any atom is -0.502 e. The molecule has 1 aliphatic carbocycles. The monoisotopic (exact) mass is 487 g/mol. The van der Waals surface area contributed by atoms with E-state index < -0.39 is 29.6 Å². The molecule has 0 radical (unpaired) electrons. The number of carbonyl (C=O) groups excluding carboxylic acids is 3. The molecule has 0 unspecified atom stereocenters. The summed E-state index contributed by atoms with van der Waals surface area (Å²) in [6.07, 6.45) is 0.688. The van der Waals surface area contributed by atoms with Gasteiger partial charge in [0.25, 0.3) is 0 Å². The highest BCUT2D eigenvalue weighted by Gasteiger charge is 2.47. The fourth-order valence-electron chi connectivity index (χ4n) is 4.69. The molecule has 0 saturated heterocycles. The van der Waals surface area contributed by atoms with Crippen molar-refractivity contribution in [3.8, 4) is 17.2 Å². The van der Waals surface area contributed by atoms with Gasteiger partial charge in [-0.25, -0.2) is 4.79 Å². The molecule has 4 atom stereocenters. The third-order valence-corrected chi connectivity index (χ3v) is 6.68. The number of esters is 2. The molecule has 2 aliphatic rings. The van der Waals surface area contributed by atoms with E-state index in [1.54, 1.807) is 26.0 Å². The lowest BCUT2D eigenvalue weighted by Gasteiger charge is -2.38. The summed E-state index contributed by atoms with van der Waals surface area (Å²) in [5, 5.41) is 13.7. The second-order valence-corrected chi connectivity index (χ2v) is 8.93. The zero-order valence-electron chi connectivity index (χ0n) is 21.2. The second-order valence-electron chi connectivity index (χ2n) is 8.93. The maximum absolute atomic E-state index is 13.8. The van der Waals surface area contributed by atoms with Crippen LogP contribution in [0.1, 0.15) is 52.0 Å². The number of rotatable bonds is 7. The highest BCUT2D eigenvalue weighted by atomic mass is 16.5. The normalized spacial score (nSPS) is 22.7. The molecular formula is C26H33NO8. The van der Waals surface area contributed by atoms with Gasteiger partial charge in [0.15, 0.2) is 17.3 Å². The Hall–Kier alpha value is -3.49. The number of hydrogen-bond acceptors (Lipinski definition) is 9. The fourth-order valence-corrected chi connectivity index (χ4v) is 4.69. The van der Waals surface area contributed by atoms with Gasteiger partial charge in [-0.05, 0) is 50.3 Å². The third-order valence-electron chi connectivity index (χ3n) is 6.68. The number of dihydropyridines is 1. The van der Waals surface area contributed by atoms with E-state index in [9.17, 15) is 19.5 Å². The van der Waals surface area contributed by atoms with Crippen LogP contribution in [-0.4, -0.2) is 50.3 Å². The van der Waals surface area contributed by atoms with Gasteiger partial charge in [-0.2, -0.15) is 0 Å². The van der Waals surface area contributed by atoms with E-state index >= 15 is 0 Å². The molecule has 1 aliphatic heterocycles. The SMILES string of the molecule is CC[C@@H](C)OC(=O)C1=C(C)NC2=C(C(=O)[C@@H](C(=O)OC)[C@@H](C)C2)[C@@H]1c1cc(OC)c(O)c(OC)c1. The zero-order valence-corrected chi connectivity index (χ0v) is 21.2. The Bertz CT molecular complexity index is 1080. The molecule has 9 nitrogen and oxygen atoms in total. The lowest BCUT2D eigenvalue weighted by molar-refractivity contribution is -0.151. The third kappa shape index (κ3) is 4.72. The topological polar surface area (TPSA) is 120 Å². The van der Waals surface area contributed by atoms with Crippen LogP contribution in [0.4, 0.5) is 0 Å². The Balaban J connectivity index is 2.27. The summed E-state index contributed by atoms with van der Waals surface area (Å²) >= 11 is 0. The average Bonchev–Trinajstić information content (AvgIpc) is 2.82. The van der Waals surface area contributed by atoms with Gasteiger partial charge in [0, 0.05) is 22.9 Å². The van der Waals surface area contributed by atoms with E-state index in [4.69, 9.17) is 18.9 Å². The van der Waals surface area contributed by atoms with Crippen molar-refractivity contribution in [1.82, 2.24) is 5.32 Å². The van der Waals surface area contributed by atoms with Crippen LogP contribution < -0.4 is 14.8 Å². The number of carbonyl (C=O) groups is 3. The number of Topliss-reactive ketones (excluding diaryl/α,β-unsaturated/α-hetero) is 1. The number of phenols is 1. The number of allylic oxidation sites excluding steroid dienone is 3. The molecular weight excluding hydrogens is 454 g/mol. The van der Waals surface area contributed by atoms with E-state index in [0.717, 1.165) is 0 Å². The van der Waals surface area contributed by atoms with Crippen LogP contribution in [0.3, 0.4) is 0 Å². The maximum Gasteiger partial charge on any atom is 0.337 e. The average molecular weight is 488 g/mol. The van der Waals surface area contributed by atoms with Crippen molar-refractivity contribution in [2.24, 2.45) is 11.8 Å². The predicted octanol–water partition coefficient (Wildman–Crippen LogP) is 3.36. The second kappa shape index (κ2) is 10.4. The number of hydrogen-bond donors (Lipinski definition) is 2. The Morgan fingerprint density at radius 3 is 2.29 bits per heavy atom. The van der Waals surface area contributed by atoms with E-state index in [2.05, 4.69) is 5.32 Å². The highest BCUT2D eigenvalue weighted by molar-refractivity contribution is 6.12. The summed E-state index contributed by atoms with van der Waals surface area (Å²) in [6, 6.07) is 3.11. The van der Waals surface area contributed by atoms with Crippen LogP contribution in [0.25, 0.3) is 0 Å². The van der Waals surface area contributed by atoms with Gasteiger partial charge in [0.05, 0.1) is 33.0 Å². The molecule has 0 bridgehead atoms. The van der Waals surface area contributed by atoms with Crippen molar-refractivity contribution in [2.45, 2.75) is 52.6 Å². The van der Waals surface area contributed by atoms with Gasteiger partial charge in [-0.15, -0.1) is 0 Å². The Morgan fingerprint density at radius 2 is 1.77 bits per heavy atom. The number of phenolic OH excluding ortho intramolecular Hbond substituents is 1. The number of benzene rings is 1. The van der Waals surface area contributed by atoms with Crippen LogP contribution in [-0.2, 0) is 23.9 Å². The molecule has 2 N–H and O–H groups in total. The quantitative estimate of drug-likeness (QED) is 0.440. The van der Waals surface area contributed by atoms with Crippen LogP contribution >= 0.6 is 0 Å². The molecule has 0 amide bonds. The first-order valence-corrected chi connectivity index (χ1v) is 11.6. The largest absolute Gasteiger partial charge is 0.502 e. The minimum atomic E-state index is -1.01. The smallest absolute Gasteiger partial charge is 0.337 e. The van der Waals surface area contributed by atoms with Crippen molar-refractivity contribution in [3.05, 3.63) is 40.2 Å². The molecule has 0 spiro atoms. The Labute approximate surface area is 205 Å². The fraction of sp³-hybridized carbons (Fsp3) is 0.500. The van der Waals surface area contributed by atoms with Gasteiger partial charge in [-0.1, -0.05) is 13.8 Å². The van der Waals surface area contributed by atoms with E-state index in [-0.39, 0.29) is 40.4 Å². The first kappa shape index (κ1) is 26.1. The van der Waals surface area contributed by atoms with E-state index in [1.165, 1.54) is 21.3 Å². The highest BCUT2D eigenvalue weighted by Crippen LogP contribution is 2.48. The number of ether oxygens (including phenoxy) is 4. The number of ketones is 1. The minimum absolute atomic E-state index is 0.119. The van der Waals surface area contributed by atoms with Crippen molar-refractivity contribution >= 4 is 17.7 Å². The van der Waals surface area contributed by atoms with Crippen molar-refractivity contribution in [3.63, 3.8) is 0 Å². The van der Waals surface area contributed by atoms with E-state index in [0.29, 0.717) is 29.8 Å². The molecule has 1 aromatic rings. The molecule has 35 heavy (non-hydrogen) atoms. The Kier molecular flexibility index (Phi) is 7.77. The van der Waals surface area contributed by atoms with Crippen LogP contribution in [0.5, 0.6) is 17.2 Å². The first-order valence-electron chi connectivity index (χ1n) is 11.6. The predicted molar refractivity (Wildman–Crippen MR) is 127 cm³/mol. The molecule has 1 heterocycles. The standard InChI is InChI=1S/C26H33NO8/c1-8-13(3)35-26(31)20-14(4)27-16-9-12(2)19(25(30)34-7)24(29)22(16)21(20)15-10-17(32-5)23(28)18(11-15)33-6/h10-13,19,21,27-28H,8-9H2,1-7H3/t12-,13+,19-,21+/m0/s1. The summed E-state index contributed by atoms with van der Waals surface area (Å²) in [7, 11) is 4.04. The zero-order chi connectivity index (χ0) is 26.0. The number of nitrogens with one attached hydrogen (secondary N) is 1.